The molecule has 0 aromatic heterocycles. The van der Waals surface area contributed by atoms with Crippen LogP contribution >= 0.6 is 0 Å². The van der Waals surface area contributed by atoms with E-state index in [0.29, 0.717) is 12.6 Å². The molecule has 0 spiro atoms. The summed E-state index contributed by atoms with van der Waals surface area (Å²) in [5.74, 6) is 0.752. The zero-order valence-corrected chi connectivity index (χ0v) is 17.5. The van der Waals surface area contributed by atoms with Crippen LogP contribution in [-0.4, -0.2) is 45.5 Å². The van der Waals surface area contributed by atoms with Gasteiger partial charge in [-0.15, -0.1) is 0 Å². The zero-order chi connectivity index (χ0) is 20.7. The molecule has 0 saturated carbocycles. The van der Waals surface area contributed by atoms with Gasteiger partial charge in [-0.2, -0.15) is 0 Å². The van der Waals surface area contributed by atoms with Gasteiger partial charge >= 0.3 is 0 Å². The van der Waals surface area contributed by atoms with Gasteiger partial charge in [0.2, 0.25) is 10.0 Å². The molecule has 1 aliphatic heterocycles. The Kier molecular flexibility index (Phi) is 7.24. The van der Waals surface area contributed by atoms with Crippen LogP contribution < -0.4 is 15.8 Å². The van der Waals surface area contributed by atoms with Crippen LogP contribution in [0.2, 0.25) is 0 Å². The molecule has 8 heteroatoms. The highest BCUT2D eigenvalue weighted by atomic mass is 32.2. The average Bonchev–Trinajstić information content (AvgIpc) is 2.73. The summed E-state index contributed by atoms with van der Waals surface area (Å²) in [6.07, 6.45) is 2.13. The summed E-state index contributed by atoms with van der Waals surface area (Å²) in [5, 5.41) is 11.9. The third-order valence-electron chi connectivity index (χ3n) is 5.11. The predicted molar refractivity (Wildman–Crippen MR) is 116 cm³/mol. The summed E-state index contributed by atoms with van der Waals surface area (Å²) >= 11 is 0. The maximum atomic E-state index is 11.3. The molecular formula is C21H29N5O2S. The molecule has 2 aromatic rings. The largest absolute Gasteiger partial charge is 0.354 e. The molecule has 0 bridgehead atoms. The molecule has 3 rings (SSSR count). The summed E-state index contributed by atoms with van der Waals surface area (Å²) in [4.78, 5) is 6.91. The minimum atomic E-state index is -3.66. The lowest BCUT2D eigenvalue weighted by Crippen LogP contribution is -2.48. The molecule has 1 saturated heterocycles. The highest BCUT2D eigenvalue weighted by Crippen LogP contribution is 2.14. The Bertz CT molecular complexity index is 906. The number of hydrogen-bond donors (Lipinski definition) is 3. The molecular weight excluding hydrogens is 386 g/mol. The van der Waals surface area contributed by atoms with Gasteiger partial charge in [-0.1, -0.05) is 42.5 Å². The second-order valence-electron chi connectivity index (χ2n) is 7.30. The van der Waals surface area contributed by atoms with Gasteiger partial charge in [0.05, 0.1) is 4.90 Å². The third kappa shape index (κ3) is 6.56. The molecule has 1 fully saturated rings. The lowest BCUT2D eigenvalue weighted by atomic mass is 10.0. The first-order chi connectivity index (χ1) is 13.9. The van der Waals surface area contributed by atoms with Crippen molar-refractivity contribution in [2.24, 2.45) is 10.1 Å². The number of nitrogens with one attached hydrogen (secondary N) is 2. The fraction of sp³-hybridized carbons (Fsp3) is 0.381. The molecule has 29 heavy (non-hydrogen) atoms. The smallest absolute Gasteiger partial charge is 0.238 e. The Morgan fingerprint density at radius 2 is 1.72 bits per heavy atom. The van der Waals surface area contributed by atoms with E-state index in [-0.39, 0.29) is 4.90 Å². The quantitative estimate of drug-likeness (QED) is 0.492. The Hall–Kier alpha value is -2.42. The van der Waals surface area contributed by atoms with Gasteiger partial charge in [-0.3, -0.25) is 9.89 Å². The van der Waals surface area contributed by atoms with Gasteiger partial charge in [-0.25, -0.2) is 13.6 Å². The van der Waals surface area contributed by atoms with Gasteiger partial charge in [0.25, 0.3) is 0 Å². The summed E-state index contributed by atoms with van der Waals surface area (Å²) in [7, 11) is -1.91. The SMILES string of the molecule is CN=C(NCc1ccc(S(N)(=O)=O)cc1)NC1CCN(Cc2ccccc2)CC1. The number of likely N-dealkylation sites (tertiary alicyclic amines) is 1. The number of nitrogens with two attached hydrogens (primary N) is 1. The first-order valence-electron chi connectivity index (χ1n) is 9.79. The molecule has 7 nitrogen and oxygen atoms in total. The summed E-state index contributed by atoms with van der Waals surface area (Å²) in [6, 6.07) is 17.5. The number of nitrogens with zero attached hydrogens (tertiary/aromatic N) is 2. The molecule has 156 valence electrons. The topological polar surface area (TPSA) is 99.8 Å². The van der Waals surface area contributed by atoms with E-state index < -0.39 is 10.0 Å². The van der Waals surface area contributed by atoms with Crippen molar-refractivity contribution >= 4 is 16.0 Å². The second kappa shape index (κ2) is 9.87. The highest BCUT2D eigenvalue weighted by molar-refractivity contribution is 7.89. The van der Waals surface area contributed by atoms with E-state index in [1.165, 1.54) is 17.7 Å². The normalized spacial score (nSPS) is 16.6. The molecule has 0 atom stereocenters. The van der Waals surface area contributed by atoms with Gasteiger partial charge in [-0.05, 0) is 36.1 Å². The van der Waals surface area contributed by atoms with Crippen molar-refractivity contribution < 1.29 is 8.42 Å². The molecule has 0 amide bonds. The number of sulfonamides is 1. The van der Waals surface area contributed by atoms with Crippen LogP contribution in [-0.2, 0) is 23.1 Å². The first kappa shape index (κ1) is 21.3. The molecule has 1 aliphatic rings. The molecule has 0 radical (unpaired) electrons. The van der Waals surface area contributed by atoms with Gasteiger partial charge < -0.3 is 10.6 Å². The zero-order valence-electron chi connectivity index (χ0n) is 16.7. The van der Waals surface area contributed by atoms with Crippen molar-refractivity contribution in [3.8, 4) is 0 Å². The molecule has 4 N–H and O–H groups in total. The van der Waals surface area contributed by atoms with E-state index in [2.05, 4.69) is 44.8 Å². The van der Waals surface area contributed by atoms with Crippen molar-refractivity contribution in [2.75, 3.05) is 20.1 Å². The average molecular weight is 416 g/mol. The number of guanidine groups is 1. The van der Waals surface area contributed by atoms with Crippen LogP contribution in [0.3, 0.4) is 0 Å². The Balaban J connectivity index is 1.44. The van der Waals surface area contributed by atoms with Crippen LogP contribution in [0.4, 0.5) is 0 Å². The maximum absolute atomic E-state index is 11.3. The van der Waals surface area contributed by atoms with E-state index in [9.17, 15) is 8.42 Å². The number of rotatable bonds is 6. The first-order valence-corrected chi connectivity index (χ1v) is 11.3. The van der Waals surface area contributed by atoms with Crippen LogP contribution in [0.5, 0.6) is 0 Å². The monoisotopic (exact) mass is 415 g/mol. The number of hydrogen-bond acceptors (Lipinski definition) is 4. The van der Waals surface area contributed by atoms with E-state index in [4.69, 9.17) is 5.14 Å². The van der Waals surface area contributed by atoms with Crippen molar-refractivity contribution in [2.45, 2.75) is 36.9 Å². The van der Waals surface area contributed by atoms with E-state index in [0.717, 1.165) is 44.0 Å². The fourth-order valence-electron chi connectivity index (χ4n) is 3.45. The van der Waals surface area contributed by atoms with Crippen molar-refractivity contribution in [1.29, 1.82) is 0 Å². The number of primary sulfonamides is 1. The number of aliphatic imine (C=N–C) groups is 1. The van der Waals surface area contributed by atoms with Crippen LogP contribution in [0.1, 0.15) is 24.0 Å². The minimum absolute atomic E-state index is 0.117. The van der Waals surface area contributed by atoms with Gasteiger partial charge in [0.1, 0.15) is 0 Å². The third-order valence-corrected chi connectivity index (χ3v) is 6.04. The van der Waals surface area contributed by atoms with E-state index >= 15 is 0 Å². The lowest BCUT2D eigenvalue weighted by Gasteiger charge is -2.33. The van der Waals surface area contributed by atoms with Crippen molar-refractivity contribution in [3.63, 3.8) is 0 Å². The summed E-state index contributed by atoms with van der Waals surface area (Å²) in [6.45, 7) is 3.66. The van der Waals surface area contributed by atoms with Gasteiger partial charge in [0, 0.05) is 39.3 Å². The Morgan fingerprint density at radius 3 is 2.31 bits per heavy atom. The second-order valence-corrected chi connectivity index (χ2v) is 8.86. The van der Waals surface area contributed by atoms with Crippen molar-refractivity contribution in [3.05, 3.63) is 65.7 Å². The summed E-state index contributed by atoms with van der Waals surface area (Å²) in [5.41, 5.74) is 2.31. The summed E-state index contributed by atoms with van der Waals surface area (Å²) < 4.78 is 22.7. The van der Waals surface area contributed by atoms with Crippen LogP contribution in [0.15, 0.2) is 64.5 Å². The Labute approximate surface area is 173 Å². The van der Waals surface area contributed by atoms with E-state index in [1.54, 1.807) is 19.2 Å². The van der Waals surface area contributed by atoms with E-state index in [1.807, 2.05) is 6.07 Å². The highest BCUT2D eigenvalue weighted by Gasteiger charge is 2.20. The lowest BCUT2D eigenvalue weighted by molar-refractivity contribution is 0.198. The fourth-order valence-corrected chi connectivity index (χ4v) is 3.96. The Morgan fingerprint density at radius 1 is 1.07 bits per heavy atom. The number of benzene rings is 2. The van der Waals surface area contributed by atoms with Crippen LogP contribution in [0.25, 0.3) is 0 Å². The molecule has 2 aromatic carbocycles. The molecule has 0 unspecified atom stereocenters. The minimum Gasteiger partial charge on any atom is -0.354 e. The van der Waals surface area contributed by atoms with Gasteiger partial charge in [0.15, 0.2) is 5.96 Å². The van der Waals surface area contributed by atoms with Crippen molar-refractivity contribution in [1.82, 2.24) is 15.5 Å². The maximum Gasteiger partial charge on any atom is 0.238 e. The molecule has 0 aliphatic carbocycles. The standard InChI is InChI=1S/C21H29N5O2S/c1-23-21(24-15-17-7-9-20(10-8-17)29(22,27)28)25-19-11-13-26(14-12-19)16-18-5-3-2-4-6-18/h2-10,19H,11-16H2,1H3,(H2,22,27,28)(H2,23,24,25). The molecule has 1 heterocycles. The van der Waals surface area contributed by atoms with Crippen LogP contribution in [0, 0.1) is 0 Å². The number of piperidine rings is 1. The predicted octanol–water partition coefficient (Wildman–Crippen LogP) is 1.66.